The van der Waals surface area contributed by atoms with Crippen molar-refractivity contribution in [3.8, 4) is 0 Å². The maximum Gasteiger partial charge on any atom is 0.320 e. The number of rotatable bonds is 3. The highest BCUT2D eigenvalue weighted by Gasteiger charge is 2.17. The standard InChI is InChI=1S/C10H19NO2/c1-8(10(12)13)11-9-6-4-2-3-5-7-9/h8-9,11H,2-7H2,1H3,(H,12,13)/t8-/m0/s1. The van der Waals surface area contributed by atoms with Gasteiger partial charge in [0.15, 0.2) is 0 Å². The third-order valence-corrected chi connectivity index (χ3v) is 2.71. The second-order valence-electron chi connectivity index (χ2n) is 3.92. The zero-order valence-corrected chi connectivity index (χ0v) is 8.25. The van der Waals surface area contributed by atoms with Gasteiger partial charge < -0.3 is 10.4 Å². The molecule has 0 aromatic heterocycles. The summed E-state index contributed by atoms with van der Waals surface area (Å²) >= 11 is 0. The fourth-order valence-corrected chi connectivity index (χ4v) is 1.87. The van der Waals surface area contributed by atoms with Crippen LogP contribution in [0.15, 0.2) is 0 Å². The lowest BCUT2D eigenvalue weighted by Gasteiger charge is -2.18. The highest BCUT2D eigenvalue weighted by molar-refractivity contribution is 5.72. The molecule has 1 fully saturated rings. The molecule has 0 saturated heterocycles. The molecule has 0 unspecified atom stereocenters. The molecule has 2 N–H and O–H groups in total. The van der Waals surface area contributed by atoms with Gasteiger partial charge in [0.25, 0.3) is 0 Å². The Morgan fingerprint density at radius 3 is 2.31 bits per heavy atom. The van der Waals surface area contributed by atoms with Crippen LogP contribution in [0.25, 0.3) is 0 Å². The first-order valence-corrected chi connectivity index (χ1v) is 5.19. The summed E-state index contributed by atoms with van der Waals surface area (Å²) < 4.78 is 0. The van der Waals surface area contributed by atoms with E-state index >= 15 is 0 Å². The Bertz CT molecular complexity index is 162. The summed E-state index contributed by atoms with van der Waals surface area (Å²) in [7, 11) is 0. The molecule has 76 valence electrons. The van der Waals surface area contributed by atoms with Crippen LogP contribution in [-0.2, 0) is 4.79 Å². The molecular formula is C10H19NO2. The SMILES string of the molecule is C[C@H](NC1CCCCCC1)C(=O)O. The minimum Gasteiger partial charge on any atom is -0.480 e. The molecule has 0 aliphatic heterocycles. The Balaban J connectivity index is 2.29. The largest absolute Gasteiger partial charge is 0.480 e. The van der Waals surface area contributed by atoms with E-state index in [9.17, 15) is 4.79 Å². The lowest BCUT2D eigenvalue weighted by atomic mass is 10.1. The zero-order chi connectivity index (χ0) is 9.68. The maximum absolute atomic E-state index is 10.6. The van der Waals surface area contributed by atoms with Crippen molar-refractivity contribution in [3.05, 3.63) is 0 Å². The van der Waals surface area contributed by atoms with Crippen molar-refractivity contribution in [2.45, 2.75) is 57.5 Å². The van der Waals surface area contributed by atoms with E-state index in [1.54, 1.807) is 6.92 Å². The van der Waals surface area contributed by atoms with E-state index in [4.69, 9.17) is 5.11 Å². The number of nitrogens with one attached hydrogen (secondary N) is 1. The summed E-state index contributed by atoms with van der Waals surface area (Å²) in [6, 6.07) is 0.0247. The second kappa shape index (κ2) is 5.22. The third-order valence-electron chi connectivity index (χ3n) is 2.71. The Labute approximate surface area is 79.5 Å². The molecule has 0 spiro atoms. The maximum atomic E-state index is 10.6. The molecule has 0 heterocycles. The second-order valence-corrected chi connectivity index (χ2v) is 3.92. The number of aliphatic carboxylic acids is 1. The Kier molecular flexibility index (Phi) is 4.22. The van der Waals surface area contributed by atoms with E-state index in [1.807, 2.05) is 0 Å². The average Bonchev–Trinajstić information content (AvgIpc) is 2.32. The quantitative estimate of drug-likeness (QED) is 0.659. The van der Waals surface area contributed by atoms with Crippen molar-refractivity contribution < 1.29 is 9.90 Å². The van der Waals surface area contributed by atoms with Crippen molar-refractivity contribution in [1.82, 2.24) is 5.32 Å². The number of carboxylic acids is 1. The molecule has 1 aliphatic carbocycles. The van der Waals surface area contributed by atoms with E-state index in [0.29, 0.717) is 6.04 Å². The lowest BCUT2D eigenvalue weighted by molar-refractivity contribution is -0.139. The number of hydrogen-bond acceptors (Lipinski definition) is 2. The van der Waals surface area contributed by atoms with E-state index in [1.165, 1.54) is 25.7 Å². The number of carbonyl (C=O) groups is 1. The first-order valence-electron chi connectivity index (χ1n) is 5.19. The Morgan fingerprint density at radius 2 is 1.85 bits per heavy atom. The molecule has 1 saturated carbocycles. The van der Waals surface area contributed by atoms with Gasteiger partial charge in [-0.3, -0.25) is 4.79 Å². The van der Waals surface area contributed by atoms with Gasteiger partial charge in [-0.25, -0.2) is 0 Å². The van der Waals surface area contributed by atoms with Crippen molar-refractivity contribution in [1.29, 1.82) is 0 Å². The molecule has 0 amide bonds. The first-order chi connectivity index (χ1) is 6.20. The molecule has 3 nitrogen and oxygen atoms in total. The monoisotopic (exact) mass is 185 g/mol. The van der Waals surface area contributed by atoms with E-state index in [2.05, 4.69) is 5.32 Å². The smallest absolute Gasteiger partial charge is 0.320 e. The lowest BCUT2D eigenvalue weighted by Crippen LogP contribution is -2.41. The zero-order valence-electron chi connectivity index (χ0n) is 8.25. The predicted molar refractivity (Wildman–Crippen MR) is 51.7 cm³/mol. The molecule has 1 aliphatic rings. The van der Waals surface area contributed by atoms with Crippen LogP contribution < -0.4 is 5.32 Å². The number of carboxylic acid groups (broad SMARTS) is 1. The fraction of sp³-hybridized carbons (Fsp3) is 0.900. The summed E-state index contributed by atoms with van der Waals surface area (Å²) in [5.41, 5.74) is 0. The van der Waals surface area contributed by atoms with Crippen LogP contribution >= 0.6 is 0 Å². The summed E-state index contributed by atoms with van der Waals surface area (Å²) in [5.74, 6) is -0.746. The summed E-state index contributed by atoms with van der Waals surface area (Å²) in [6.07, 6.45) is 7.36. The van der Waals surface area contributed by atoms with Crippen LogP contribution in [0.5, 0.6) is 0 Å². The molecule has 0 bridgehead atoms. The molecule has 1 rings (SSSR count). The van der Waals surface area contributed by atoms with Crippen LogP contribution in [0.4, 0.5) is 0 Å². The molecule has 0 radical (unpaired) electrons. The van der Waals surface area contributed by atoms with Gasteiger partial charge in [-0.1, -0.05) is 25.7 Å². The van der Waals surface area contributed by atoms with E-state index in [0.717, 1.165) is 12.8 Å². The minimum atomic E-state index is -0.746. The topological polar surface area (TPSA) is 49.3 Å². The highest BCUT2D eigenvalue weighted by Crippen LogP contribution is 2.17. The van der Waals surface area contributed by atoms with Crippen molar-refractivity contribution in [3.63, 3.8) is 0 Å². The molecule has 0 aromatic carbocycles. The van der Waals surface area contributed by atoms with Crippen LogP contribution in [0.1, 0.15) is 45.4 Å². The molecule has 3 heteroatoms. The van der Waals surface area contributed by atoms with Gasteiger partial charge in [0.05, 0.1) is 0 Å². The molecular weight excluding hydrogens is 166 g/mol. The highest BCUT2D eigenvalue weighted by atomic mass is 16.4. The normalized spacial score (nSPS) is 22.2. The van der Waals surface area contributed by atoms with E-state index in [-0.39, 0.29) is 0 Å². The van der Waals surface area contributed by atoms with Crippen LogP contribution in [0, 0.1) is 0 Å². The van der Waals surface area contributed by atoms with Gasteiger partial charge in [0, 0.05) is 6.04 Å². The van der Waals surface area contributed by atoms with Crippen LogP contribution in [0.3, 0.4) is 0 Å². The summed E-state index contributed by atoms with van der Waals surface area (Å²) in [4.78, 5) is 10.6. The van der Waals surface area contributed by atoms with Gasteiger partial charge in [0.2, 0.25) is 0 Å². The van der Waals surface area contributed by atoms with Crippen molar-refractivity contribution >= 4 is 5.97 Å². The van der Waals surface area contributed by atoms with E-state index < -0.39 is 12.0 Å². The molecule has 1 atom stereocenters. The Hall–Kier alpha value is -0.570. The van der Waals surface area contributed by atoms with Crippen molar-refractivity contribution in [2.75, 3.05) is 0 Å². The fourth-order valence-electron chi connectivity index (χ4n) is 1.87. The first kappa shape index (κ1) is 10.5. The minimum absolute atomic E-state index is 0.400. The van der Waals surface area contributed by atoms with Gasteiger partial charge in [-0.15, -0.1) is 0 Å². The van der Waals surface area contributed by atoms with Gasteiger partial charge in [-0.05, 0) is 19.8 Å². The summed E-state index contributed by atoms with van der Waals surface area (Å²) in [5, 5.41) is 11.9. The van der Waals surface area contributed by atoms with Crippen LogP contribution in [-0.4, -0.2) is 23.2 Å². The predicted octanol–water partition coefficient (Wildman–Crippen LogP) is 1.77. The number of hydrogen-bond donors (Lipinski definition) is 2. The van der Waals surface area contributed by atoms with Gasteiger partial charge in [-0.2, -0.15) is 0 Å². The van der Waals surface area contributed by atoms with Crippen LogP contribution in [0.2, 0.25) is 0 Å². The third kappa shape index (κ3) is 3.77. The summed E-state index contributed by atoms with van der Waals surface area (Å²) in [6.45, 7) is 1.72. The van der Waals surface area contributed by atoms with Gasteiger partial charge in [0.1, 0.15) is 6.04 Å². The van der Waals surface area contributed by atoms with Gasteiger partial charge >= 0.3 is 5.97 Å². The molecule has 0 aromatic rings. The molecule has 13 heavy (non-hydrogen) atoms. The average molecular weight is 185 g/mol. The van der Waals surface area contributed by atoms with Crippen molar-refractivity contribution in [2.24, 2.45) is 0 Å². The Morgan fingerprint density at radius 1 is 1.31 bits per heavy atom.